The number of aryl methyl sites for hydroxylation is 1. The quantitative estimate of drug-likeness (QED) is 0.806. The number of carbonyl (C=O) groups excluding carboxylic acids is 1. The van der Waals surface area contributed by atoms with Crippen LogP contribution < -0.4 is 15.4 Å². The molecule has 0 radical (unpaired) electrons. The molecular weight excluding hydrogens is 288 g/mol. The van der Waals surface area contributed by atoms with E-state index in [4.69, 9.17) is 16.3 Å². The third-order valence-electron chi connectivity index (χ3n) is 3.36. The Morgan fingerprint density at radius 3 is 2.62 bits per heavy atom. The lowest BCUT2D eigenvalue weighted by Gasteiger charge is -2.20. The summed E-state index contributed by atoms with van der Waals surface area (Å²) in [6, 6.07) is 3.48. The van der Waals surface area contributed by atoms with Crippen molar-refractivity contribution in [2.75, 3.05) is 12.4 Å². The minimum Gasteiger partial charge on any atom is -0.495 e. The maximum absolute atomic E-state index is 12.1. The van der Waals surface area contributed by atoms with Crippen molar-refractivity contribution in [3.8, 4) is 5.75 Å². The molecule has 0 fully saturated rings. The molecule has 1 amide bonds. The van der Waals surface area contributed by atoms with Crippen LogP contribution in [0.15, 0.2) is 12.1 Å². The predicted molar refractivity (Wildman–Crippen MR) is 88.3 cm³/mol. The number of hydrogen-bond acceptors (Lipinski definition) is 3. The van der Waals surface area contributed by atoms with E-state index < -0.39 is 0 Å². The van der Waals surface area contributed by atoms with Crippen molar-refractivity contribution in [3.05, 3.63) is 22.7 Å². The number of carbonyl (C=O) groups is 1. The van der Waals surface area contributed by atoms with Crippen LogP contribution in [0.2, 0.25) is 5.02 Å². The molecule has 118 valence electrons. The van der Waals surface area contributed by atoms with Gasteiger partial charge in [-0.3, -0.25) is 4.79 Å². The van der Waals surface area contributed by atoms with Gasteiger partial charge in [0.15, 0.2) is 0 Å². The van der Waals surface area contributed by atoms with Crippen molar-refractivity contribution in [2.24, 2.45) is 0 Å². The van der Waals surface area contributed by atoms with Gasteiger partial charge in [-0.1, -0.05) is 24.9 Å². The molecule has 0 saturated heterocycles. The van der Waals surface area contributed by atoms with Crippen LogP contribution in [0, 0.1) is 6.92 Å². The van der Waals surface area contributed by atoms with Crippen LogP contribution in [-0.4, -0.2) is 25.1 Å². The third kappa shape index (κ3) is 5.12. The van der Waals surface area contributed by atoms with Gasteiger partial charge >= 0.3 is 0 Å². The molecule has 0 bridgehead atoms. The minimum atomic E-state index is -0.348. The van der Waals surface area contributed by atoms with E-state index in [1.54, 1.807) is 13.2 Å². The number of rotatable bonds is 7. The maximum Gasteiger partial charge on any atom is 0.242 e. The molecule has 2 N–H and O–H groups in total. The lowest BCUT2D eigenvalue weighted by Crippen LogP contribution is -2.42. The van der Waals surface area contributed by atoms with E-state index in [9.17, 15) is 4.79 Å². The first kappa shape index (κ1) is 17.6. The monoisotopic (exact) mass is 312 g/mol. The van der Waals surface area contributed by atoms with E-state index in [0.29, 0.717) is 10.8 Å². The van der Waals surface area contributed by atoms with Crippen molar-refractivity contribution in [3.63, 3.8) is 0 Å². The largest absolute Gasteiger partial charge is 0.495 e. The van der Waals surface area contributed by atoms with E-state index >= 15 is 0 Å². The van der Waals surface area contributed by atoms with Crippen LogP contribution >= 0.6 is 11.6 Å². The summed E-state index contributed by atoms with van der Waals surface area (Å²) in [7, 11) is 1.58. The van der Waals surface area contributed by atoms with Gasteiger partial charge in [-0.25, -0.2) is 0 Å². The second-order valence-electron chi connectivity index (χ2n) is 5.37. The molecule has 2 unspecified atom stereocenters. The van der Waals surface area contributed by atoms with Gasteiger partial charge in [-0.2, -0.15) is 0 Å². The maximum atomic E-state index is 12.1. The fraction of sp³-hybridized carbons (Fsp3) is 0.562. The van der Waals surface area contributed by atoms with Crippen LogP contribution in [0.4, 0.5) is 5.69 Å². The summed E-state index contributed by atoms with van der Waals surface area (Å²) in [4.78, 5) is 12.1. The average molecular weight is 313 g/mol. The molecule has 0 aliphatic carbocycles. The molecule has 1 aromatic rings. The summed E-state index contributed by atoms with van der Waals surface area (Å²) in [5, 5.41) is 6.82. The van der Waals surface area contributed by atoms with Crippen molar-refractivity contribution in [2.45, 2.75) is 52.6 Å². The first-order chi connectivity index (χ1) is 9.88. The van der Waals surface area contributed by atoms with E-state index in [0.717, 1.165) is 24.1 Å². The molecule has 0 aromatic heterocycles. The Labute approximate surface area is 132 Å². The third-order valence-corrected chi connectivity index (χ3v) is 3.76. The Bertz CT molecular complexity index is 491. The molecule has 0 saturated carbocycles. The van der Waals surface area contributed by atoms with E-state index in [1.165, 1.54) is 0 Å². The summed E-state index contributed by atoms with van der Waals surface area (Å²) in [6.45, 7) is 7.87. The zero-order chi connectivity index (χ0) is 16.0. The van der Waals surface area contributed by atoms with Gasteiger partial charge in [-0.15, -0.1) is 0 Å². The van der Waals surface area contributed by atoms with Gasteiger partial charge in [0.2, 0.25) is 5.91 Å². The fourth-order valence-corrected chi connectivity index (χ4v) is 2.27. The highest BCUT2D eigenvalue weighted by Crippen LogP contribution is 2.31. The number of nitrogens with one attached hydrogen (secondary N) is 2. The zero-order valence-electron chi connectivity index (χ0n) is 13.4. The predicted octanol–water partition coefficient (Wildman–Crippen LogP) is 3.76. The lowest BCUT2D eigenvalue weighted by molar-refractivity contribution is -0.122. The zero-order valence-corrected chi connectivity index (χ0v) is 14.2. The average Bonchev–Trinajstić information content (AvgIpc) is 2.42. The van der Waals surface area contributed by atoms with Crippen molar-refractivity contribution < 1.29 is 9.53 Å². The Morgan fingerprint density at radius 2 is 2.05 bits per heavy atom. The Hall–Kier alpha value is -1.42. The topological polar surface area (TPSA) is 50.4 Å². The van der Waals surface area contributed by atoms with Crippen LogP contribution in [0.1, 0.15) is 39.2 Å². The highest BCUT2D eigenvalue weighted by Gasteiger charge is 2.17. The van der Waals surface area contributed by atoms with Crippen LogP contribution in [0.3, 0.4) is 0 Å². The fourth-order valence-electron chi connectivity index (χ4n) is 2.12. The summed E-state index contributed by atoms with van der Waals surface area (Å²) >= 11 is 6.08. The molecule has 2 atom stereocenters. The SMILES string of the molecule is CCCC(C)NC(=O)C(C)Nc1cc(C)c(Cl)cc1OC. The number of anilines is 1. The van der Waals surface area contributed by atoms with Gasteiger partial charge < -0.3 is 15.4 Å². The first-order valence-corrected chi connectivity index (χ1v) is 7.67. The van der Waals surface area contributed by atoms with Gasteiger partial charge in [-0.05, 0) is 38.8 Å². The molecule has 0 spiro atoms. The smallest absolute Gasteiger partial charge is 0.242 e. The second kappa shape index (κ2) is 8.13. The van der Waals surface area contributed by atoms with Crippen molar-refractivity contribution in [1.82, 2.24) is 5.32 Å². The van der Waals surface area contributed by atoms with Gasteiger partial charge in [0, 0.05) is 17.1 Å². The molecule has 0 heterocycles. The molecule has 21 heavy (non-hydrogen) atoms. The van der Waals surface area contributed by atoms with E-state index in [2.05, 4.69) is 17.6 Å². The van der Waals surface area contributed by atoms with Crippen molar-refractivity contribution in [1.29, 1.82) is 0 Å². The number of hydrogen-bond donors (Lipinski definition) is 2. The van der Waals surface area contributed by atoms with E-state index in [1.807, 2.05) is 26.8 Å². The molecule has 4 nitrogen and oxygen atoms in total. The Morgan fingerprint density at radius 1 is 1.38 bits per heavy atom. The van der Waals surface area contributed by atoms with Gasteiger partial charge in [0.1, 0.15) is 11.8 Å². The van der Waals surface area contributed by atoms with Crippen LogP contribution in [0.25, 0.3) is 0 Å². The summed E-state index contributed by atoms with van der Waals surface area (Å²) in [5.74, 6) is 0.609. The van der Waals surface area contributed by atoms with Gasteiger partial charge in [0.05, 0.1) is 12.8 Å². The second-order valence-corrected chi connectivity index (χ2v) is 5.77. The number of methoxy groups -OCH3 is 1. The molecule has 0 aliphatic heterocycles. The Balaban J connectivity index is 2.76. The molecule has 0 aliphatic rings. The number of halogens is 1. The number of ether oxygens (including phenoxy) is 1. The minimum absolute atomic E-state index is 0.0226. The molecule has 1 aromatic carbocycles. The highest BCUT2D eigenvalue weighted by molar-refractivity contribution is 6.31. The Kier molecular flexibility index (Phi) is 6.82. The lowest BCUT2D eigenvalue weighted by atomic mass is 10.1. The molecule has 1 rings (SSSR count). The molecule has 5 heteroatoms. The standard InChI is InChI=1S/C16H25ClN2O2/c1-6-7-11(3)18-16(20)12(4)19-14-8-10(2)13(17)9-15(14)21-5/h8-9,11-12,19H,6-7H2,1-5H3,(H,18,20). The molecular formula is C16H25ClN2O2. The number of amides is 1. The summed E-state index contributed by atoms with van der Waals surface area (Å²) < 4.78 is 5.30. The van der Waals surface area contributed by atoms with Crippen LogP contribution in [0.5, 0.6) is 5.75 Å². The first-order valence-electron chi connectivity index (χ1n) is 7.30. The summed E-state index contributed by atoms with van der Waals surface area (Å²) in [5.41, 5.74) is 1.71. The normalized spacial score (nSPS) is 13.4. The van der Waals surface area contributed by atoms with Gasteiger partial charge in [0.25, 0.3) is 0 Å². The highest BCUT2D eigenvalue weighted by atomic mass is 35.5. The summed E-state index contributed by atoms with van der Waals surface area (Å²) in [6.07, 6.45) is 2.02. The van der Waals surface area contributed by atoms with Crippen molar-refractivity contribution >= 4 is 23.2 Å². The number of benzene rings is 1. The van der Waals surface area contributed by atoms with Crippen LogP contribution in [-0.2, 0) is 4.79 Å². The van der Waals surface area contributed by atoms with E-state index in [-0.39, 0.29) is 18.0 Å².